The van der Waals surface area contributed by atoms with Crippen LogP contribution in [-0.2, 0) is 4.79 Å². The molecule has 1 unspecified atom stereocenters. The average molecular weight is 363 g/mol. The van der Waals surface area contributed by atoms with Gasteiger partial charge < -0.3 is 14.8 Å². The first-order chi connectivity index (χ1) is 13.0. The number of nitrogens with zero attached hydrogens (tertiary/aromatic N) is 2. The van der Waals surface area contributed by atoms with Crippen LogP contribution in [0.5, 0.6) is 11.6 Å². The molecule has 1 aromatic heterocycles. The van der Waals surface area contributed by atoms with E-state index in [2.05, 4.69) is 16.4 Å². The van der Waals surface area contributed by atoms with E-state index in [0.717, 1.165) is 34.4 Å². The van der Waals surface area contributed by atoms with Crippen LogP contribution < -0.4 is 14.8 Å². The monoisotopic (exact) mass is 363 g/mol. The van der Waals surface area contributed by atoms with Gasteiger partial charge in [0, 0.05) is 28.9 Å². The Labute approximate surface area is 158 Å². The number of hydrogen-bond donors (Lipinski definition) is 1. The molecule has 27 heavy (non-hydrogen) atoms. The van der Waals surface area contributed by atoms with Gasteiger partial charge in [0.15, 0.2) is 0 Å². The molecule has 6 heteroatoms. The van der Waals surface area contributed by atoms with Gasteiger partial charge in [-0.2, -0.15) is 5.26 Å². The van der Waals surface area contributed by atoms with Crippen molar-refractivity contribution >= 4 is 12.0 Å². The number of aryl methyl sites for hydroxylation is 1. The molecule has 1 aliphatic heterocycles. The van der Waals surface area contributed by atoms with Crippen LogP contribution in [-0.4, -0.2) is 25.0 Å². The van der Waals surface area contributed by atoms with Crippen molar-refractivity contribution in [3.05, 3.63) is 57.9 Å². The molecule has 0 fully saturated rings. The number of aromatic nitrogens is 1. The van der Waals surface area contributed by atoms with Gasteiger partial charge in [-0.15, -0.1) is 0 Å². The maximum Gasteiger partial charge on any atom is 0.219 e. The number of allylic oxidation sites excluding steroid dienone is 2. The number of hydrogen-bond acceptors (Lipinski definition) is 6. The summed E-state index contributed by atoms with van der Waals surface area (Å²) in [5.41, 5.74) is 5.26. The minimum atomic E-state index is -0.407. The SMILES string of the molecule is CCOc1ncc(C)c2c1C(c1ccc(C#N)cc1OC)C(C=O)=C(C)N2. The summed E-state index contributed by atoms with van der Waals surface area (Å²) in [5, 5.41) is 12.5. The van der Waals surface area contributed by atoms with E-state index in [1.54, 1.807) is 25.4 Å². The Balaban J connectivity index is 2.34. The second-order valence-corrected chi connectivity index (χ2v) is 6.29. The molecule has 0 radical (unpaired) electrons. The van der Waals surface area contributed by atoms with Gasteiger partial charge in [0.05, 0.1) is 36.6 Å². The van der Waals surface area contributed by atoms with E-state index in [4.69, 9.17) is 9.47 Å². The van der Waals surface area contributed by atoms with E-state index in [0.29, 0.717) is 29.4 Å². The van der Waals surface area contributed by atoms with Gasteiger partial charge in [-0.25, -0.2) is 4.98 Å². The molecule has 138 valence electrons. The van der Waals surface area contributed by atoms with Gasteiger partial charge in [0.25, 0.3) is 0 Å². The third-order valence-electron chi connectivity index (χ3n) is 4.70. The van der Waals surface area contributed by atoms with Crippen LogP contribution in [0.15, 0.2) is 35.7 Å². The zero-order valence-corrected chi connectivity index (χ0v) is 15.8. The highest BCUT2D eigenvalue weighted by Gasteiger charge is 2.34. The summed E-state index contributed by atoms with van der Waals surface area (Å²) < 4.78 is 11.3. The highest BCUT2D eigenvalue weighted by molar-refractivity contribution is 5.86. The predicted octanol–water partition coefficient (Wildman–Crippen LogP) is 3.70. The van der Waals surface area contributed by atoms with Crippen molar-refractivity contribution in [1.29, 1.82) is 5.26 Å². The molecule has 1 aromatic carbocycles. The molecule has 3 rings (SSSR count). The van der Waals surface area contributed by atoms with Crippen molar-refractivity contribution in [3.63, 3.8) is 0 Å². The van der Waals surface area contributed by atoms with Crippen LogP contribution in [0, 0.1) is 18.3 Å². The number of nitrogens with one attached hydrogen (secondary N) is 1. The fraction of sp³-hybridized carbons (Fsp3) is 0.286. The summed E-state index contributed by atoms with van der Waals surface area (Å²) in [6.45, 7) is 6.18. The Morgan fingerprint density at radius 1 is 1.37 bits per heavy atom. The number of benzene rings is 1. The Bertz CT molecular complexity index is 973. The second kappa shape index (κ2) is 7.50. The summed E-state index contributed by atoms with van der Waals surface area (Å²) in [4.78, 5) is 16.4. The summed E-state index contributed by atoms with van der Waals surface area (Å²) in [7, 11) is 1.55. The standard InChI is InChI=1S/C21H21N3O3/c1-5-27-21-19-18(15-7-6-14(9-22)8-17(15)26-4)16(11-25)13(3)24-20(19)12(2)10-23-21/h6-8,10-11,18,24H,5H2,1-4H3. The molecular formula is C21H21N3O3. The Morgan fingerprint density at radius 3 is 2.78 bits per heavy atom. The fourth-order valence-electron chi connectivity index (χ4n) is 3.42. The lowest BCUT2D eigenvalue weighted by atomic mass is 9.80. The van der Waals surface area contributed by atoms with Gasteiger partial charge in [-0.3, -0.25) is 4.79 Å². The van der Waals surface area contributed by atoms with Gasteiger partial charge in [-0.1, -0.05) is 6.07 Å². The number of methoxy groups -OCH3 is 1. The Kier molecular flexibility index (Phi) is 5.13. The molecular weight excluding hydrogens is 342 g/mol. The molecule has 1 N–H and O–H groups in total. The highest BCUT2D eigenvalue weighted by Crippen LogP contribution is 2.48. The number of fused-ring (bicyclic) bond motifs is 1. The zero-order valence-electron chi connectivity index (χ0n) is 15.8. The number of rotatable bonds is 5. The van der Waals surface area contributed by atoms with Crippen molar-refractivity contribution in [2.24, 2.45) is 0 Å². The lowest BCUT2D eigenvalue weighted by Gasteiger charge is -2.31. The van der Waals surface area contributed by atoms with E-state index >= 15 is 0 Å². The second-order valence-electron chi connectivity index (χ2n) is 6.29. The summed E-state index contributed by atoms with van der Waals surface area (Å²) in [6, 6.07) is 7.34. The molecule has 1 aliphatic rings. The summed E-state index contributed by atoms with van der Waals surface area (Å²) in [6.07, 6.45) is 2.61. The van der Waals surface area contributed by atoms with Gasteiger partial charge >= 0.3 is 0 Å². The predicted molar refractivity (Wildman–Crippen MR) is 102 cm³/mol. The van der Waals surface area contributed by atoms with Crippen LogP contribution in [0.2, 0.25) is 0 Å². The van der Waals surface area contributed by atoms with Crippen molar-refractivity contribution < 1.29 is 14.3 Å². The summed E-state index contributed by atoms with van der Waals surface area (Å²) >= 11 is 0. The number of carbonyl (C=O) groups is 1. The van der Waals surface area contributed by atoms with Gasteiger partial charge in [0.2, 0.25) is 5.88 Å². The van der Waals surface area contributed by atoms with Crippen LogP contribution >= 0.6 is 0 Å². The highest BCUT2D eigenvalue weighted by atomic mass is 16.5. The quantitative estimate of drug-likeness (QED) is 0.816. The first-order valence-corrected chi connectivity index (χ1v) is 8.68. The molecule has 0 amide bonds. The molecule has 6 nitrogen and oxygen atoms in total. The summed E-state index contributed by atoms with van der Waals surface area (Å²) in [5.74, 6) is 0.618. The number of nitriles is 1. The molecule has 2 aromatic rings. The number of carbonyl (C=O) groups excluding carboxylic acids is 1. The van der Waals surface area contributed by atoms with Crippen molar-refractivity contribution in [3.8, 4) is 17.7 Å². The Hall–Kier alpha value is -3.33. The Morgan fingerprint density at radius 2 is 2.15 bits per heavy atom. The third kappa shape index (κ3) is 3.13. The van der Waals surface area contributed by atoms with Crippen LogP contribution in [0.4, 0.5) is 5.69 Å². The topological polar surface area (TPSA) is 84.2 Å². The molecule has 0 aliphatic carbocycles. The van der Waals surface area contributed by atoms with E-state index in [1.165, 1.54) is 0 Å². The fourth-order valence-corrected chi connectivity index (χ4v) is 3.42. The van der Waals surface area contributed by atoms with E-state index in [9.17, 15) is 10.1 Å². The van der Waals surface area contributed by atoms with Crippen LogP contribution in [0.25, 0.3) is 0 Å². The molecule has 0 saturated carbocycles. The van der Waals surface area contributed by atoms with Crippen LogP contribution in [0.1, 0.15) is 42.0 Å². The van der Waals surface area contributed by atoms with Crippen molar-refractivity contribution in [2.75, 3.05) is 19.0 Å². The number of pyridine rings is 1. The minimum Gasteiger partial charge on any atom is -0.496 e. The first kappa shape index (κ1) is 18.5. The van der Waals surface area contributed by atoms with Gasteiger partial charge in [0.1, 0.15) is 12.0 Å². The van der Waals surface area contributed by atoms with Crippen molar-refractivity contribution in [2.45, 2.75) is 26.7 Å². The third-order valence-corrected chi connectivity index (χ3v) is 4.70. The lowest BCUT2D eigenvalue weighted by Crippen LogP contribution is -2.21. The number of aldehydes is 1. The smallest absolute Gasteiger partial charge is 0.219 e. The van der Waals surface area contributed by atoms with Gasteiger partial charge in [-0.05, 0) is 38.5 Å². The first-order valence-electron chi connectivity index (χ1n) is 8.68. The number of ether oxygens (including phenoxy) is 2. The molecule has 1 atom stereocenters. The maximum absolute atomic E-state index is 12.0. The minimum absolute atomic E-state index is 0.407. The molecule has 2 heterocycles. The molecule has 0 saturated heterocycles. The van der Waals surface area contributed by atoms with E-state index < -0.39 is 5.92 Å². The molecule has 0 bridgehead atoms. The van der Waals surface area contributed by atoms with Crippen molar-refractivity contribution in [1.82, 2.24) is 4.98 Å². The largest absolute Gasteiger partial charge is 0.496 e. The lowest BCUT2D eigenvalue weighted by molar-refractivity contribution is -0.105. The van der Waals surface area contributed by atoms with E-state index in [-0.39, 0.29) is 0 Å². The normalized spacial score (nSPS) is 15.4. The maximum atomic E-state index is 12.0. The molecule has 0 spiro atoms. The zero-order chi connectivity index (χ0) is 19.6. The number of anilines is 1. The van der Waals surface area contributed by atoms with E-state index in [1.807, 2.05) is 26.8 Å². The average Bonchev–Trinajstić information content (AvgIpc) is 2.69. The van der Waals surface area contributed by atoms with Crippen LogP contribution in [0.3, 0.4) is 0 Å².